The fourth-order valence-corrected chi connectivity index (χ4v) is 1.44. The zero-order chi connectivity index (χ0) is 11.3. The summed E-state index contributed by atoms with van der Waals surface area (Å²) in [4.78, 5) is 11.6. The van der Waals surface area contributed by atoms with E-state index in [1.165, 1.54) is 12.1 Å². The second-order valence-corrected chi connectivity index (χ2v) is 3.61. The minimum atomic E-state index is -0.622. The van der Waals surface area contributed by atoms with Gasteiger partial charge in [0.15, 0.2) is 11.6 Å². The van der Waals surface area contributed by atoms with Gasteiger partial charge >= 0.3 is 0 Å². The lowest BCUT2D eigenvalue weighted by Gasteiger charge is -2.02. The molecule has 1 nitrogen and oxygen atoms in total. The fourth-order valence-electron chi connectivity index (χ4n) is 1.26. The van der Waals surface area contributed by atoms with Gasteiger partial charge in [-0.2, -0.15) is 0 Å². The van der Waals surface area contributed by atoms with Crippen molar-refractivity contribution in [3.8, 4) is 0 Å². The van der Waals surface area contributed by atoms with Gasteiger partial charge in [-0.15, -0.1) is 6.58 Å². The maximum Gasteiger partial charge on any atom is 0.165 e. The highest BCUT2D eigenvalue weighted by Gasteiger charge is 2.12. The molecule has 1 rings (SSSR count). The van der Waals surface area contributed by atoms with Crippen LogP contribution in [0, 0.1) is 5.82 Å². The molecule has 0 N–H and O–H groups in total. The molecule has 0 heterocycles. The van der Waals surface area contributed by atoms with Crippen molar-refractivity contribution in [2.75, 3.05) is 0 Å². The average molecular weight is 227 g/mol. The summed E-state index contributed by atoms with van der Waals surface area (Å²) in [5.74, 6) is -0.834. The van der Waals surface area contributed by atoms with E-state index >= 15 is 0 Å². The maximum atomic E-state index is 13.4. The van der Waals surface area contributed by atoms with E-state index in [0.29, 0.717) is 12.8 Å². The maximum absolute atomic E-state index is 13.4. The quantitative estimate of drug-likeness (QED) is 0.421. The number of unbranched alkanes of at least 4 members (excludes halogenated alkanes) is 1. The number of carbonyl (C=O) groups excluding carboxylic acids is 1. The van der Waals surface area contributed by atoms with Crippen LogP contribution >= 0.6 is 11.6 Å². The molecule has 0 radical (unpaired) electrons. The third-order valence-corrected chi connectivity index (χ3v) is 2.36. The van der Waals surface area contributed by atoms with E-state index in [1.807, 2.05) is 0 Å². The standard InChI is InChI=1S/C12H12ClFO/c1-2-3-4-8-11(15)9-6-5-7-10(13)12(9)14/h2,5-7H,1,3-4,8H2. The zero-order valence-electron chi connectivity index (χ0n) is 8.30. The molecule has 0 amide bonds. The first-order chi connectivity index (χ1) is 7.16. The topological polar surface area (TPSA) is 17.1 Å². The summed E-state index contributed by atoms with van der Waals surface area (Å²) < 4.78 is 13.4. The summed E-state index contributed by atoms with van der Waals surface area (Å²) in [5.41, 5.74) is 0.0755. The summed E-state index contributed by atoms with van der Waals surface area (Å²) in [6.45, 7) is 3.56. The van der Waals surface area contributed by atoms with Gasteiger partial charge in [-0.1, -0.05) is 23.7 Å². The Morgan fingerprint density at radius 1 is 1.53 bits per heavy atom. The first kappa shape index (κ1) is 11.9. The molecule has 3 heteroatoms. The van der Waals surface area contributed by atoms with Gasteiger partial charge in [0.2, 0.25) is 0 Å². The molecule has 0 aliphatic rings. The van der Waals surface area contributed by atoms with Crippen LogP contribution in [0.3, 0.4) is 0 Å². The van der Waals surface area contributed by atoms with E-state index in [1.54, 1.807) is 12.1 Å². The SMILES string of the molecule is C=CCCCC(=O)c1cccc(Cl)c1F. The number of allylic oxidation sites excluding steroid dienone is 1. The first-order valence-electron chi connectivity index (χ1n) is 4.75. The van der Waals surface area contributed by atoms with Crippen molar-refractivity contribution >= 4 is 17.4 Å². The summed E-state index contributed by atoms with van der Waals surface area (Å²) >= 11 is 5.58. The number of ketones is 1. The Morgan fingerprint density at radius 2 is 2.27 bits per heavy atom. The van der Waals surface area contributed by atoms with E-state index < -0.39 is 5.82 Å². The molecule has 1 aromatic carbocycles. The molecule has 15 heavy (non-hydrogen) atoms. The van der Waals surface area contributed by atoms with Crippen LogP contribution in [-0.2, 0) is 0 Å². The van der Waals surface area contributed by atoms with E-state index in [-0.39, 0.29) is 16.4 Å². The third-order valence-electron chi connectivity index (χ3n) is 2.06. The van der Waals surface area contributed by atoms with Crippen molar-refractivity contribution in [1.82, 2.24) is 0 Å². The van der Waals surface area contributed by atoms with Crippen LogP contribution in [0.4, 0.5) is 4.39 Å². The molecule has 0 aliphatic carbocycles. The second kappa shape index (κ2) is 5.66. The Kier molecular flexibility index (Phi) is 4.50. The van der Waals surface area contributed by atoms with Crippen LogP contribution in [-0.4, -0.2) is 5.78 Å². The largest absolute Gasteiger partial charge is 0.294 e. The second-order valence-electron chi connectivity index (χ2n) is 3.21. The van der Waals surface area contributed by atoms with Crippen LogP contribution in [0.25, 0.3) is 0 Å². The van der Waals surface area contributed by atoms with E-state index in [4.69, 9.17) is 11.6 Å². The smallest absolute Gasteiger partial charge is 0.165 e. The number of hydrogen-bond donors (Lipinski definition) is 0. The Hall–Kier alpha value is -1.15. The van der Waals surface area contributed by atoms with Crippen molar-refractivity contribution in [3.05, 3.63) is 47.3 Å². The normalized spacial score (nSPS) is 10.0. The Morgan fingerprint density at radius 3 is 2.93 bits per heavy atom. The number of Topliss-reactive ketones (excluding diaryl/α,β-unsaturated/α-hetero) is 1. The van der Waals surface area contributed by atoms with Crippen molar-refractivity contribution in [1.29, 1.82) is 0 Å². The number of carbonyl (C=O) groups is 1. The number of halogens is 2. The van der Waals surface area contributed by atoms with E-state index in [9.17, 15) is 9.18 Å². The van der Waals surface area contributed by atoms with Crippen molar-refractivity contribution in [2.24, 2.45) is 0 Å². The molecule has 0 aliphatic heterocycles. The van der Waals surface area contributed by atoms with Gasteiger partial charge in [-0.25, -0.2) is 4.39 Å². The summed E-state index contributed by atoms with van der Waals surface area (Å²) in [6, 6.07) is 4.46. The van der Waals surface area contributed by atoms with Crippen LogP contribution in [0.5, 0.6) is 0 Å². The molecule has 0 bridgehead atoms. The molecule has 1 aromatic rings. The highest BCUT2D eigenvalue weighted by atomic mass is 35.5. The molecule has 0 unspecified atom stereocenters. The molecule has 80 valence electrons. The number of rotatable bonds is 5. The number of hydrogen-bond acceptors (Lipinski definition) is 1. The molecular formula is C12H12ClFO. The van der Waals surface area contributed by atoms with Gasteiger partial charge in [0.05, 0.1) is 10.6 Å². The van der Waals surface area contributed by atoms with Crippen LogP contribution in [0.15, 0.2) is 30.9 Å². The van der Waals surface area contributed by atoms with Gasteiger partial charge in [0, 0.05) is 6.42 Å². The third kappa shape index (κ3) is 3.17. The molecule has 0 atom stereocenters. The number of benzene rings is 1. The van der Waals surface area contributed by atoms with Crippen LogP contribution in [0.1, 0.15) is 29.6 Å². The van der Waals surface area contributed by atoms with Gasteiger partial charge in [0.1, 0.15) is 0 Å². The van der Waals surface area contributed by atoms with Gasteiger partial charge in [-0.05, 0) is 25.0 Å². The predicted molar refractivity (Wildman–Crippen MR) is 59.8 cm³/mol. The summed E-state index contributed by atoms with van der Waals surface area (Å²) in [6.07, 6.45) is 3.51. The minimum Gasteiger partial charge on any atom is -0.294 e. The van der Waals surface area contributed by atoms with Crippen molar-refractivity contribution in [2.45, 2.75) is 19.3 Å². The van der Waals surface area contributed by atoms with Crippen LogP contribution in [0.2, 0.25) is 5.02 Å². The van der Waals surface area contributed by atoms with E-state index in [0.717, 1.165) is 6.42 Å². The highest BCUT2D eigenvalue weighted by Crippen LogP contribution is 2.19. The molecule has 0 aromatic heterocycles. The highest BCUT2D eigenvalue weighted by molar-refractivity contribution is 6.31. The average Bonchev–Trinajstić information content (AvgIpc) is 2.22. The van der Waals surface area contributed by atoms with Crippen molar-refractivity contribution < 1.29 is 9.18 Å². The molecular weight excluding hydrogens is 215 g/mol. The Labute approximate surface area is 93.6 Å². The minimum absolute atomic E-state index is 0.00966. The summed E-state index contributed by atoms with van der Waals surface area (Å²) in [5, 5.41) is -0.00966. The van der Waals surface area contributed by atoms with Gasteiger partial charge in [-0.3, -0.25) is 4.79 Å². The van der Waals surface area contributed by atoms with Gasteiger partial charge in [0.25, 0.3) is 0 Å². The fraction of sp³-hybridized carbons (Fsp3) is 0.250. The van der Waals surface area contributed by atoms with Crippen LogP contribution < -0.4 is 0 Å². The lowest BCUT2D eigenvalue weighted by Crippen LogP contribution is -2.02. The predicted octanol–water partition coefficient (Wildman–Crippen LogP) is 4.02. The Bertz CT molecular complexity index is 374. The lowest BCUT2D eigenvalue weighted by atomic mass is 10.1. The molecule has 0 fully saturated rings. The summed E-state index contributed by atoms with van der Waals surface area (Å²) in [7, 11) is 0. The molecule has 0 saturated heterocycles. The monoisotopic (exact) mass is 226 g/mol. The van der Waals surface area contributed by atoms with Crippen molar-refractivity contribution in [3.63, 3.8) is 0 Å². The molecule has 0 spiro atoms. The molecule has 0 saturated carbocycles. The Balaban J connectivity index is 2.73. The van der Waals surface area contributed by atoms with E-state index in [2.05, 4.69) is 6.58 Å². The zero-order valence-corrected chi connectivity index (χ0v) is 9.06. The van der Waals surface area contributed by atoms with Gasteiger partial charge < -0.3 is 0 Å². The first-order valence-corrected chi connectivity index (χ1v) is 5.12. The lowest BCUT2D eigenvalue weighted by molar-refractivity contribution is 0.0976.